The van der Waals surface area contributed by atoms with Crippen LogP contribution in [0, 0.1) is 11.7 Å². The lowest BCUT2D eigenvalue weighted by Crippen LogP contribution is -2.47. The minimum absolute atomic E-state index is 0.220. The van der Waals surface area contributed by atoms with Crippen LogP contribution in [0.4, 0.5) is 15.8 Å². The van der Waals surface area contributed by atoms with Crippen LogP contribution < -0.4 is 10.6 Å². The molecule has 1 saturated carbocycles. The quantitative estimate of drug-likeness (QED) is 0.778. The van der Waals surface area contributed by atoms with E-state index in [1.165, 1.54) is 38.5 Å². The molecule has 0 amide bonds. The number of nitrogens with zero attached hydrogens (tertiary/aromatic N) is 1. The molecular formula is C15H20BrFN2. The fourth-order valence-corrected chi connectivity index (χ4v) is 4.09. The zero-order valence-electron chi connectivity index (χ0n) is 11.0. The van der Waals surface area contributed by atoms with Gasteiger partial charge >= 0.3 is 0 Å². The van der Waals surface area contributed by atoms with Crippen molar-refractivity contribution in [3.05, 3.63) is 22.4 Å². The zero-order chi connectivity index (χ0) is 13.4. The molecule has 0 bridgehead atoms. The van der Waals surface area contributed by atoms with Gasteiger partial charge in [0.2, 0.25) is 0 Å². The molecule has 1 aliphatic carbocycles. The third kappa shape index (κ3) is 2.47. The van der Waals surface area contributed by atoms with Crippen LogP contribution in [0.15, 0.2) is 16.6 Å². The Morgan fingerprint density at radius 1 is 1.16 bits per heavy atom. The van der Waals surface area contributed by atoms with Gasteiger partial charge in [0, 0.05) is 18.7 Å². The fourth-order valence-electron chi connectivity index (χ4n) is 3.72. The Kier molecular flexibility index (Phi) is 3.70. The number of rotatable bonds is 1. The van der Waals surface area contributed by atoms with Gasteiger partial charge in [-0.25, -0.2) is 4.39 Å². The van der Waals surface area contributed by atoms with Gasteiger partial charge in [-0.05, 0) is 53.6 Å². The number of hydrogen-bond donors (Lipinski definition) is 1. The summed E-state index contributed by atoms with van der Waals surface area (Å²) in [6, 6.07) is 3.85. The third-order valence-corrected chi connectivity index (χ3v) is 5.23. The summed E-state index contributed by atoms with van der Waals surface area (Å²) in [5.41, 5.74) is 7.67. The predicted octanol–water partition coefficient (Wildman–Crippen LogP) is 4.33. The Morgan fingerprint density at radius 2 is 1.89 bits per heavy atom. The largest absolute Gasteiger partial charge is 0.397 e. The van der Waals surface area contributed by atoms with E-state index in [2.05, 4.69) is 20.8 Å². The van der Waals surface area contributed by atoms with E-state index in [-0.39, 0.29) is 5.82 Å². The first-order valence-corrected chi connectivity index (χ1v) is 7.97. The number of halogens is 2. The monoisotopic (exact) mass is 326 g/mol. The third-order valence-electron chi connectivity index (χ3n) is 4.62. The second-order valence-electron chi connectivity index (χ2n) is 5.77. The van der Waals surface area contributed by atoms with E-state index in [4.69, 9.17) is 5.73 Å². The standard InChI is InChI=1S/C15H20BrFN2/c16-11-8-13(18)15(9-12(11)17)19-7-3-5-10-4-1-2-6-14(10)19/h8-10,14H,1-7,18H2. The summed E-state index contributed by atoms with van der Waals surface area (Å²) in [5.74, 6) is 0.552. The summed E-state index contributed by atoms with van der Waals surface area (Å²) in [6.07, 6.45) is 7.69. The molecule has 0 aromatic heterocycles. The minimum atomic E-state index is -0.220. The molecule has 2 aliphatic rings. The smallest absolute Gasteiger partial charge is 0.139 e. The average molecular weight is 327 g/mol. The van der Waals surface area contributed by atoms with Crippen molar-refractivity contribution in [2.45, 2.75) is 44.6 Å². The van der Waals surface area contributed by atoms with Gasteiger partial charge in [-0.3, -0.25) is 0 Å². The van der Waals surface area contributed by atoms with Crippen molar-refractivity contribution in [3.63, 3.8) is 0 Å². The summed E-state index contributed by atoms with van der Waals surface area (Å²) < 4.78 is 14.3. The molecule has 1 heterocycles. The van der Waals surface area contributed by atoms with Crippen LogP contribution in [0.2, 0.25) is 0 Å². The average Bonchev–Trinajstić information content (AvgIpc) is 2.42. The number of piperidine rings is 1. The van der Waals surface area contributed by atoms with E-state index in [0.29, 0.717) is 16.2 Å². The maximum atomic E-state index is 13.8. The maximum absolute atomic E-state index is 13.8. The summed E-state index contributed by atoms with van der Waals surface area (Å²) in [5, 5.41) is 0. The van der Waals surface area contributed by atoms with Gasteiger partial charge in [0.1, 0.15) is 5.82 Å². The van der Waals surface area contributed by atoms with Crippen molar-refractivity contribution in [3.8, 4) is 0 Å². The Bertz CT molecular complexity index is 475. The van der Waals surface area contributed by atoms with Gasteiger partial charge < -0.3 is 10.6 Å². The lowest BCUT2D eigenvalue weighted by molar-refractivity contribution is 0.244. The first-order chi connectivity index (χ1) is 9.16. The molecular weight excluding hydrogens is 307 g/mol. The van der Waals surface area contributed by atoms with Crippen molar-refractivity contribution >= 4 is 27.3 Å². The summed E-state index contributed by atoms with van der Waals surface area (Å²) >= 11 is 3.20. The summed E-state index contributed by atoms with van der Waals surface area (Å²) in [4.78, 5) is 2.36. The van der Waals surface area contributed by atoms with Crippen molar-refractivity contribution in [1.29, 1.82) is 0 Å². The number of benzene rings is 1. The Morgan fingerprint density at radius 3 is 2.74 bits per heavy atom. The lowest BCUT2D eigenvalue weighted by Gasteiger charge is -2.45. The molecule has 2 fully saturated rings. The molecule has 19 heavy (non-hydrogen) atoms. The van der Waals surface area contributed by atoms with Gasteiger partial charge in [-0.2, -0.15) is 0 Å². The SMILES string of the molecule is Nc1cc(Br)c(F)cc1N1CCCC2CCCCC21. The van der Waals surface area contributed by atoms with E-state index in [1.807, 2.05) is 0 Å². The number of nitrogen functional groups attached to an aromatic ring is 1. The van der Waals surface area contributed by atoms with Crippen LogP contribution in [-0.4, -0.2) is 12.6 Å². The highest BCUT2D eigenvalue weighted by atomic mass is 79.9. The van der Waals surface area contributed by atoms with Gasteiger partial charge in [0.05, 0.1) is 15.8 Å². The van der Waals surface area contributed by atoms with Gasteiger partial charge in [0.25, 0.3) is 0 Å². The molecule has 1 aliphatic heterocycles. The highest BCUT2D eigenvalue weighted by Crippen LogP contribution is 2.40. The molecule has 2 atom stereocenters. The Hall–Kier alpha value is -0.770. The Labute approximate surface area is 122 Å². The topological polar surface area (TPSA) is 29.3 Å². The first-order valence-electron chi connectivity index (χ1n) is 7.18. The molecule has 0 spiro atoms. The van der Waals surface area contributed by atoms with Crippen molar-refractivity contribution in [2.24, 2.45) is 5.92 Å². The van der Waals surface area contributed by atoms with Crippen LogP contribution >= 0.6 is 15.9 Å². The highest BCUT2D eigenvalue weighted by Gasteiger charge is 2.34. The first kappa shape index (κ1) is 13.2. The fraction of sp³-hybridized carbons (Fsp3) is 0.600. The minimum Gasteiger partial charge on any atom is -0.397 e. The number of hydrogen-bond acceptors (Lipinski definition) is 2. The molecule has 1 aromatic carbocycles. The van der Waals surface area contributed by atoms with Gasteiger partial charge in [-0.15, -0.1) is 0 Å². The van der Waals surface area contributed by atoms with Crippen molar-refractivity contribution in [2.75, 3.05) is 17.2 Å². The molecule has 2 unspecified atom stereocenters. The van der Waals surface area contributed by atoms with E-state index in [1.54, 1.807) is 12.1 Å². The second kappa shape index (κ2) is 5.31. The normalized spacial score (nSPS) is 27.2. The predicted molar refractivity (Wildman–Crippen MR) is 80.8 cm³/mol. The molecule has 4 heteroatoms. The van der Waals surface area contributed by atoms with Gasteiger partial charge in [-0.1, -0.05) is 12.8 Å². The lowest BCUT2D eigenvalue weighted by atomic mass is 9.78. The maximum Gasteiger partial charge on any atom is 0.139 e. The molecule has 1 saturated heterocycles. The van der Waals surface area contributed by atoms with E-state index in [0.717, 1.165) is 18.2 Å². The summed E-state index contributed by atoms with van der Waals surface area (Å²) in [7, 11) is 0. The second-order valence-corrected chi connectivity index (χ2v) is 6.63. The van der Waals surface area contributed by atoms with E-state index >= 15 is 0 Å². The Balaban J connectivity index is 1.93. The molecule has 1 aromatic rings. The highest BCUT2D eigenvalue weighted by molar-refractivity contribution is 9.10. The molecule has 104 valence electrons. The number of anilines is 2. The van der Waals surface area contributed by atoms with Crippen molar-refractivity contribution in [1.82, 2.24) is 0 Å². The molecule has 2 nitrogen and oxygen atoms in total. The van der Waals surface area contributed by atoms with Gasteiger partial charge in [0.15, 0.2) is 0 Å². The van der Waals surface area contributed by atoms with Crippen LogP contribution in [0.3, 0.4) is 0 Å². The molecule has 2 N–H and O–H groups in total. The van der Waals surface area contributed by atoms with Crippen molar-refractivity contribution < 1.29 is 4.39 Å². The molecule has 0 radical (unpaired) electrons. The van der Waals surface area contributed by atoms with Crippen LogP contribution in [-0.2, 0) is 0 Å². The molecule has 3 rings (SSSR count). The van der Waals surface area contributed by atoms with Crippen LogP contribution in [0.1, 0.15) is 38.5 Å². The number of nitrogens with two attached hydrogens (primary N) is 1. The zero-order valence-corrected chi connectivity index (χ0v) is 12.6. The summed E-state index contributed by atoms with van der Waals surface area (Å²) in [6.45, 7) is 1.01. The van der Waals surface area contributed by atoms with Crippen LogP contribution in [0.5, 0.6) is 0 Å². The van der Waals surface area contributed by atoms with Crippen LogP contribution in [0.25, 0.3) is 0 Å². The number of fused-ring (bicyclic) bond motifs is 1. The van der Waals surface area contributed by atoms with E-state index < -0.39 is 0 Å². The van der Waals surface area contributed by atoms with E-state index in [9.17, 15) is 4.39 Å².